The van der Waals surface area contributed by atoms with Crippen LogP contribution in [0.2, 0.25) is 0 Å². The van der Waals surface area contributed by atoms with Crippen LogP contribution >= 0.6 is 0 Å². The maximum atomic E-state index is 12.8. The Morgan fingerprint density at radius 2 is 2.19 bits per heavy atom. The summed E-state index contributed by atoms with van der Waals surface area (Å²) in [4.78, 5) is 13.6. The molecule has 0 N–H and O–H groups in total. The Morgan fingerprint density at radius 1 is 1.56 bits per heavy atom. The van der Waals surface area contributed by atoms with Crippen LogP contribution in [0.5, 0.6) is 0 Å². The fraction of sp³-hybridized carbons (Fsp3) is 0.909. The van der Waals surface area contributed by atoms with Gasteiger partial charge in [0, 0.05) is 19.0 Å². The molecule has 0 aromatic carbocycles. The molecule has 1 atom stereocenters. The van der Waals surface area contributed by atoms with E-state index in [1.54, 1.807) is 4.90 Å². The van der Waals surface area contributed by atoms with E-state index in [2.05, 4.69) is 0 Å². The second-order valence-corrected chi connectivity index (χ2v) is 4.41. The smallest absolute Gasteiger partial charge is 0.271 e. The summed E-state index contributed by atoms with van der Waals surface area (Å²) in [6.07, 6.45) is -0.851. The molecule has 1 rings (SSSR count). The highest BCUT2D eigenvalue weighted by atomic mass is 19.3. The van der Waals surface area contributed by atoms with E-state index in [1.807, 2.05) is 20.8 Å². The topological polar surface area (TPSA) is 29.5 Å². The molecule has 1 aliphatic heterocycles. The van der Waals surface area contributed by atoms with Crippen LogP contribution in [0.4, 0.5) is 8.78 Å². The predicted molar refractivity (Wildman–Crippen MR) is 56.4 cm³/mol. The number of carbonyl (C=O) groups is 1. The summed E-state index contributed by atoms with van der Waals surface area (Å²) >= 11 is 0. The first kappa shape index (κ1) is 13.4. The maximum Gasteiger partial charge on any atom is 0.271 e. The van der Waals surface area contributed by atoms with Crippen molar-refractivity contribution < 1.29 is 18.3 Å². The zero-order valence-corrected chi connectivity index (χ0v) is 10.0. The summed E-state index contributed by atoms with van der Waals surface area (Å²) in [6, 6.07) is 0.0727. The lowest BCUT2D eigenvalue weighted by atomic mass is 10.0. The Balaban J connectivity index is 2.56. The standard InChI is InChI=1S/C11H19F2NO2/c1-4-14(8(2)3)10(15)9-5-6-11(12,13)7-16-9/h8-9H,4-7H2,1-3H3/t9-/m1/s1. The lowest BCUT2D eigenvalue weighted by molar-refractivity contribution is -0.171. The molecule has 0 aromatic rings. The van der Waals surface area contributed by atoms with Crippen molar-refractivity contribution in [3.8, 4) is 0 Å². The molecule has 0 unspecified atom stereocenters. The molecule has 5 heteroatoms. The molecular weight excluding hydrogens is 216 g/mol. The molecule has 1 amide bonds. The minimum atomic E-state index is -2.77. The zero-order valence-electron chi connectivity index (χ0n) is 10.0. The van der Waals surface area contributed by atoms with Crippen LogP contribution in [0, 0.1) is 0 Å². The molecule has 3 nitrogen and oxygen atoms in total. The molecule has 1 fully saturated rings. The Hall–Kier alpha value is -0.710. The van der Waals surface area contributed by atoms with Gasteiger partial charge in [0.1, 0.15) is 12.7 Å². The van der Waals surface area contributed by atoms with Gasteiger partial charge in [0.25, 0.3) is 11.8 Å². The fourth-order valence-electron chi connectivity index (χ4n) is 1.88. The third-order valence-corrected chi connectivity index (χ3v) is 2.79. The van der Waals surface area contributed by atoms with E-state index in [4.69, 9.17) is 4.74 Å². The van der Waals surface area contributed by atoms with Gasteiger partial charge in [0.15, 0.2) is 0 Å². The first-order valence-electron chi connectivity index (χ1n) is 5.67. The zero-order chi connectivity index (χ0) is 12.3. The van der Waals surface area contributed by atoms with Crippen LogP contribution in [0.15, 0.2) is 0 Å². The van der Waals surface area contributed by atoms with E-state index >= 15 is 0 Å². The van der Waals surface area contributed by atoms with Gasteiger partial charge < -0.3 is 9.64 Å². The van der Waals surface area contributed by atoms with Crippen LogP contribution in [-0.4, -0.2) is 42.0 Å². The third kappa shape index (κ3) is 3.14. The molecular formula is C11H19F2NO2. The van der Waals surface area contributed by atoms with Crippen molar-refractivity contribution in [1.29, 1.82) is 0 Å². The minimum absolute atomic E-state index is 0.0727. The monoisotopic (exact) mass is 235 g/mol. The van der Waals surface area contributed by atoms with Crippen LogP contribution in [0.1, 0.15) is 33.6 Å². The number of likely N-dealkylation sites (N-methyl/N-ethyl adjacent to an activating group) is 1. The number of alkyl halides is 2. The largest absolute Gasteiger partial charge is 0.362 e. The van der Waals surface area contributed by atoms with Gasteiger partial charge in [-0.1, -0.05) is 0 Å². The fourth-order valence-corrected chi connectivity index (χ4v) is 1.88. The van der Waals surface area contributed by atoms with Crippen LogP contribution < -0.4 is 0 Å². The summed E-state index contributed by atoms with van der Waals surface area (Å²) < 4.78 is 30.6. The Kier molecular flexibility index (Phi) is 4.24. The normalized spacial score (nSPS) is 24.5. The Labute approximate surface area is 94.7 Å². The summed E-state index contributed by atoms with van der Waals surface area (Å²) in [5.74, 6) is -2.95. The molecule has 0 aliphatic carbocycles. The summed E-state index contributed by atoms with van der Waals surface area (Å²) in [6.45, 7) is 5.61. The molecule has 1 heterocycles. The van der Waals surface area contributed by atoms with Gasteiger partial charge in [-0.25, -0.2) is 8.78 Å². The molecule has 0 aromatic heterocycles. The molecule has 0 bridgehead atoms. The molecule has 94 valence electrons. The number of hydrogen-bond acceptors (Lipinski definition) is 2. The average Bonchev–Trinajstić information content (AvgIpc) is 2.17. The van der Waals surface area contributed by atoms with Crippen LogP contribution in [0.25, 0.3) is 0 Å². The van der Waals surface area contributed by atoms with Gasteiger partial charge in [-0.05, 0) is 27.2 Å². The van der Waals surface area contributed by atoms with Crippen molar-refractivity contribution in [1.82, 2.24) is 4.90 Å². The van der Waals surface area contributed by atoms with Gasteiger partial charge >= 0.3 is 0 Å². The molecule has 1 saturated heterocycles. The quantitative estimate of drug-likeness (QED) is 0.749. The predicted octanol–water partition coefficient (Wildman–Crippen LogP) is 2.06. The molecule has 16 heavy (non-hydrogen) atoms. The third-order valence-electron chi connectivity index (χ3n) is 2.79. The van der Waals surface area contributed by atoms with Crippen molar-refractivity contribution >= 4 is 5.91 Å². The Morgan fingerprint density at radius 3 is 2.56 bits per heavy atom. The summed E-state index contributed by atoms with van der Waals surface area (Å²) in [7, 11) is 0. The highest BCUT2D eigenvalue weighted by molar-refractivity contribution is 5.81. The van der Waals surface area contributed by atoms with Crippen molar-refractivity contribution in [2.24, 2.45) is 0 Å². The SMILES string of the molecule is CCN(C(=O)[C@H]1CCC(F)(F)CO1)C(C)C. The van der Waals surface area contributed by atoms with Gasteiger partial charge in [-0.2, -0.15) is 0 Å². The molecule has 0 spiro atoms. The van der Waals surface area contributed by atoms with E-state index < -0.39 is 18.6 Å². The van der Waals surface area contributed by atoms with E-state index in [-0.39, 0.29) is 24.8 Å². The first-order valence-corrected chi connectivity index (χ1v) is 5.67. The second-order valence-electron chi connectivity index (χ2n) is 4.41. The van der Waals surface area contributed by atoms with Crippen molar-refractivity contribution in [2.45, 2.75) is 51.7 Å². The van der Waals surface area contributed by atoms with Gasteiger partial charge in [-0.15, -0.1) is 0 Å². The van der Waals surface area contributed by atoms with E-state index in [1.165, 1.54) is 0 Å². The van der Waals surface area contributed by atoms with Gasteiger partial charge in [0.2, 0.25) is 0 Å². The molecule has 0 radical (unpaired) electrons. The molecule has 0 saturated carbocycles. The first-order chi connectivity index (χ1) is 7.37. The second kappa shape index (κ2) is 5.08. The lowest BCUT2D eigenvalue weighted by Crippen LogP contribution is -2.47. The number of rotatable bonds is 3. The van der Waals surface area contributed by atoms with Crippen molar-refractivity contribution in [3.63, 3.8) is 0 Å². The number of hydrogen-bond donors (Lipinski definition) is 0. The van der Waals surface area contributed by atoms with E-state index in [9.17, 15) is 13.6 Å². The number of amides is 1. The van der Waals surface area contributed by atoms with Crippen molar-refractivity contribution in [2.75, 3.05) is 13.2 Å². The molecule has 1 aliphatic rings. The highest BCUT2D eigenvalue weighted by Gasteiger charge is 2.39. The van der Waals surface area contributed by atoms with Crippen LogP contribution in [0.3, 0.4) is 0 Å². The summed E-state index contributed by atoms with van der Waals surface area (Å²) in [5, 5.41) is 0. The van der Waals surface area contributed by atoms with E-state index in [0.717, 1.165) is 0 Å². The van der Waals surface area contributed by atoms with Gasteiger partial charge in [-0.3, -0.25) is 4.79 Å². The van der Waals surface area contributed by atoms with Crippen molar-refractivity contribution in [3.05, 3.63) is 0 Å². The average molecular weight is 235 g/mol. The number of halogens is 2. The van der Waals surface area contributed by atoms with E-state index in [0.29, 0.717) is 6.54 Å². The minimum Gasteiger partial charge on any atom is -0.362 e. The maximum absolute atomic E-state index is 12.8. The summed E-state index contributed by atoms with van der Waals surface area (Å²) in [5.41, 5.74) is 0. The number of nitrogens with zero attached hydrogens (tertiary/aromatic N) is 1. The number of carbonyl (C=O) groups excluding carboxylic acids is 1. The number of ether oxygens (including phenoxy) is 1. The highest BCUT2D eigenvalue weighted by Crippen LogP contribution is 2.28. The lowest BCUT2D eigenvalue weighted by Gasteiger charge is -2.33. The van der Waals surface area contributed by atoms with Crippen LogP contribution in [-0.2, 0) is 9.53 Å². The van der Waals surface area contributed by atoms with Gasteiger partial charge in [0.05, 0.1) is 0 Å². The Bertz CT molecular complexity index is 246.